The number of nitriles is 1. The summed E-state index contributed by atoms with van der Waals surface area (Å²) in [6.07, 6.45) is 2.85. The monoisotopic (exact) mass is 260 g/mol. The number of hydrogen-bond acceptors (Lipinski definition) is 4. The zero-order chi connectivity index (χ0) is 13.7. The molecule has 0 unspecified atom stereocenters. The summed E-state index contributed by atoms with van der Waals surface area (Å²) in [6, 6.07) is 8.29. The van der Waals surface area contributed by atoms with E-state index in [1.54, 1.807) is 14.2 Å². The van der Waals surface area contributed by atoms with E-state index in [9.17, 15) is 0 Å². The molecule has 19 heavy (non-hydrogen) atoms. The minimum absolute atomic E-state index is 0.557. The lowest BCUT2D eigenvalue weighted by atomic mass is 9.94. The minimum atomic E-state index is 0.557. The molecular weight excluding hydrogens is 240 g/mol. The summed E-state index contributed by atoms with van der Waals surface area (Å²) >= 11 is 0. The number of anilines is 1. The number of nitrogens with zero attached hydrogens (tertiary/aromatic N) is 2. The third kappa shape index (κ3) is 3.11. The Labute approximate surface area is 114 Å². The maximum atomic E-state index is 8.73. The smallest absolute Gasteiger partial charge is 0.162 e. The van der Waals surface area contributed by atoms with Gasteiger partial charge in [-0.2, -0.15) is 5.26 Å². The van der Waals surface area contributed by atoms with Gasteiger partial charge in [0, 0.05) is 31.3 Å². The van der Waals surface area contributed by atoms with E-state index in [1.807, 2.05) is 12.1 Å². The number of rotatable bonds is 4. The first-order valence-electron chi connectivity index (χ1n) is 6.62. The number of hydrogen-bond donors (Lipinski definition) is 0. The quantitative estimate of drug-likeness (QED) is 0.835. The highest BCUT2D eigenvalue weighted by atomic mass is 16.5. The van der Waals surface area contributed by atoms with E-state index in [1.165, 1.54) is 0 Å². The lowest BCUT2D eigenvalue weighted by Gasteiger charge is -2.33. The highest BCUT2D eigenvalue weighted by molar-refractivity contribution is 5.56. The third-order valence-electron chi connectivity index (χ3n) is 3.73. The normalized spacial score (nSPS) is 15.9. The van der Waals surface area contributed by atoms with E-state index in [2.05, 4.69) is 17.0 Å². The fourth-order valence-corrected chi connectivity index (χ4v) is 2.55. The van der Waals surface area contributed by atoms with Crippen LogP contribution < -0.4 is 14.4 Å². The molecule has 0 amide bonds. The van der Waals surface area contributed by atoms with E-state index in [-0.39, 0.29) is 0 Å². The standard InChI is InChI=1S/C15H20N2O2/c1-18-14-4-3-13(11-15(14)19-2)17-9-6-12(5-8-16)7-10-17/h3-4,11-12H,5-7,9-10H2,1-2H3. The van der Waals surface area contributed by atoms with Gasteiger partial charge in [0.25, 0.3) is 0 Å². The molecule has 0 atom stereocenters. The second kappa shape index (κ2) is 6.33. The molecule has 0 saturated carbocycles. The predicted octanol–water partition coefficient (Wildman–Crippen LogP) is 2.83. The van der Waals surface area contributed by atoms with Gasteiger partial charge in [0.15, 0.2) is 11.5 Å². The Bertz CT molecular complexity index is 460. The molecule has 0 aromatic heterocycles. The van der Waals surface area contributed by atoms with Gasteiger partial charge in [-0.1, -0.05) is 0 Å². The largest absolute Gasteiger partial charge is 0.493 e. The Hall–Kier alpha value is -1.89. The van der Waals surface area contributed by atoms with Crippen molar-refractivity contribution in [2.75, 3.05) is 32.2 Å². The topological polar surface area (TPSA) is 45.5 Å². The van der Waals surface area contributed by atoms with Gasteiger partial charge in [-0.3, -0.25) is 0 Å². The molecule has 0 spiro atoms. The van der Waals surface area contributed by atoms with Crippen molar-refractivity contribution in [3.63, 3.8) is 0 Å². The zero-order valence-electron chi connectivity index (χ0n) is 11.6. The summed E-state index contributed by atoms with van der Waals surface area (Å²) in [5, 5.41) is 8.73. The van der Waals surface area contributed by atoms with Crippen molar-refractivity contribution in [3.05, 3.63) is 18.2 Å². The summed E-state index contributed by atoms with van der Waals surface area (Å²) in [5.41, 5.74) is 1.16. The Morgan fingerprint density at radius 1 is 1.21 bits per heavy atom. The number of ether oxygens (including phenoxy) is 2. The molecule has 1 heterocycles. The van der Waals surface area contributed by atoms with Crippen LogP contribution in [0.3, 0.4) is 0 Å². The van der Waals surface area contributed by atoms with Gasteiger partial charge >= 0.3 is 0 Å². The molecule has 4 heteroatoms. The van der Waals surface area contributed by atoms with Crippen LogP contribution >= 0.6 is 0 Å². The highest BCUT2D eigenvalue weighted by Crippen LogP contribution is 2.33. The molecule has 1 saturated heterocycles. The van der Waals surface area contributed by atoms with E-state index in [0.717, 1.165) is 43.1 Å². The van der Waals surface area contributed by atoms with Crippen molar-refractivity contribution in [2.24, 2.45) is 5.92 Å². The zero-order valence-corrected chi connectivity index (χ0v) is 11.6. The Balaban J connectivity index is 2.05. The molecule has 0 aliphatic carbocycles. The maximum absolute atomic E-state index is 8.73. The fourth-order valence-electron chi connectivity index (χ4n) is 2.55. The van der Waals surface area contributed by atoms with E-state index in [4.69, 9.17) is 14.7 Å². The number of piperidine rings is 1. The molecule has 4 nitrogen and oxygen atoms in total. The van der Waals surface area contributed by atoms with Gasteiger partial charge in [-0.05, 0) is 30.9 Å². The predicted molar refractivity (Wildman–Crippen MR) is 74.7 cm³/mol. The van der Waals surface area contributed by atoms with Crippen LogP contribution in [0.15, 0.2) is 18.2 Å². The second-order valence-corrected chi connectivity index (χ2v) is 4.83. The number of methoxy groups -OCH3 is 2. The van der Waals surface area contributed by atoms with Crippen LogP contribution in [-0.2, 0) is 0 Å². The van der Waals surface area contributed by atoms with Crippen molar-refractivity contribution in [3.8, 4) is 17.6 Å². The summed E-state index contributed by atoms with van der Waals surface area (Å²) < 4.78 is 10.6. The van der Waals surface area contributed by atoms with Gasteiger partial charge in [0.2, 0.25) is 0 Å². The van der Waals surface area contributed by atoms with E-state index >= 15 is 0 Å². The molecular formula is C15H20N2O2. The molecule has 102 valence electrons. The van der Waals surface area contributed by atoms with Crippen LogP contribution in [0.25, 0.3) is 0 Å². The first kappa shape index (κ1) is 13.5. The maximum Gasteiger partial charge on any atom is 0.162 e. The molecule has 1 fully saturated rings. The van der Waals surface area contributed by atoms with Crippen LogP contribution in [-0.4, -0.2) is 27.3 Å². The van der Waals surface area contributed by atoms with Crippen molar-refractivity contribution in [1.82, 2.24) is 0 Å². The van der Waals surface area contributed by atoms with Crippen molar-refractivity contribution >= 4 is 5.69 Å². The van der Waals surface area contributed by atoms with Crippen molar-refractivity contribution in [2.45, 2.75) is 19.3 Å². The van der Waals surface area contributed by atoms with Crippen molar-refractivity contribution in [1.29, 1.82) is 5.26 Å². The molecule has 1 aromatic rings. The Morgan fingerprint density at radius 2 is 1.89 bits per heavy atom. The van der Waals surface area contributed by atoms with Crippen molar-refractivity contribution < 1.29 is 9.47 Å². The molecule has 1 aromatic carbocycles. The van der Waals surface area contributed by atoms with Crippen LogP contribution in [0.5, 0.6) is 11.5 Å². The molecule has 0 N–H and O–H groups in total. The molecule has 1 aliphatic rings. The van der Waals surface area contributed by atoms with E-state index < -0.39 is 0 Å². The fraction of sp³-hybridized carbons (Fsp3) is 0.533. The first-order valence-corrected chi connectivity index (χ1v) is 6.62. The van der Waals surface area contributed by atoms with Crippen LogP contribution in [0.2, 0.25) is 0 Å². The van der Waals surface area contributed by atoms with Gasteiger partial charge in [-0.25, -0.2) is 0 Å². The average Bonchev–Trinajstić information content (AvgIpc) is 2.47. The molecule has 0 radical (unpaired) electrons. The van der Waals surface area contributed by atoms with Crippen LogP contribution in [0.1, 0.15) is 19.3 Å². The van der Waals surface area contributed by atoms with Gasteiger partial charge in [-0.15, -0.1) is 0 Å². The lowest BCUT2D eigenvalue weighted by Crippen LogP contribution is -2.33. The second-order valence-electron chi connectivity index (χ2n) is 4.83. The van der Waals surface area contributed by atoms with E-state index in [0.29, 0.717) is 12.3 Å². The SMILES string of the molecule is COc1ccc(N2CCC(CC#N)CC2)cc1OC. The molecule has 0 bridgehead atoms. The molecule has 1 aliphatic heterocycles. The number of benzene rings is 1. The summed E-state index contributed by atoms with van der Waals surface area (Å²) in [7, 11) is 3.30. The minimum Gasteiger partial charge on any atom is -0.493 e. The lowest BCUT2D eigenvalue weighted by molar-refractivity contribution is 0.354. The third-order valence-corrected chi connectivity index (χ3v) is 3.73. The first-order chi connectivity index (χ1) is 9.28. The van der Waals surface area contributed by atoms with Gasteiger partial charge < -0.3 is 14.4 Å². The highest BCUT2D eigenvalue weighted by Gasteiger charge is 2.20. The Morgan fingerprint density at radius 3 is 2.47 bits per heavy atom. The van der Waals surface area contributed by atoms with Gasteiger partial charge in [0.1, 0.15) is 0 Å². The summed E-state index contributed by atoms with van der Waals surface area (Å²) in [6.45, 7) is 2.00. The van der Waals surface area contributed by atoms with Crippen LogP contribution in [0.4, 0.5) is 5.69 Å². The molecule has 2 rings (SSSR count). The van der Waals surface area contributed by atoms with Crippen LogP contribution in [0, 0.1) is 17.2 Å². The summed E-state index contributed by atoms with van der Waals surface area (Å²) in [4.78, 5) is 2.34. The average molecular weight is 260 g/mol. The Kier molecular flexibility index (Phi) is 4.51. The summed E-state index contributed by atoms with van der Waals surface area (Å²) in [5.74, 6) is 2.08. The van der Waals surface area contributed by atoms with Gasteiger partial charge in [0.05, 0.1) is 20.3 Å².